The topological polar surface area (TPSA) is 40.5 Å². The lowest BCUT2D eigenvalue weighted by Gasteiger charge is -2.16. The highest BCUT2D eigenvalue weighted by atomic mass is 32.1. The van der Waals surface area contributed by atoms with Crippen LogP contribution < -0.4 is 0 Å². The molecule has 4 heteroatoms. The van der Waals surface area contributed by atoms with Crippen molar-refractivity contribution in [1.82, 2.24) is 4.90 Å². The highest BCUT2D eigenvalue weighted by molar-refractivity contribution is 7.10. The maximum absolute atomic E-state index is 10.9. The summed E-state index contributed by atoms with van der Waals surface area (Å²) in [7, 11) is 0. The molecule has 3 nitrogen and oxygen atoms in total. The molecule has 1 aliphatic rings. The molecule has 0 saturated carbocycles. The summed E-state index contributed by atoms with van der Waals surface area (Å²) in [5.74, 6) is 0.404. The Kier molecular flexibility index (Phi) is 2.46. The van der Waals surface area contributed by atoms with Crippen molar-refractivity contribution in [1.29, 1.82) is 0 Å². The number of carboxylic acid groups (broad SMARTS) is 1. The zero-order valence-electron chi connectivity index (χ0n) is 8.01. The minimum atomic E-state index is -0.795. The highest BCUT2D eigenvalue weighted by Crippen LogP contribution is 2.33. The van der Waals surface area contributed by atoms with Gasteiger partial charge in [0.1, 0.15) is 0 Å². The Hall–Kier alpha value is -1.03. The van der Waals surface area contributed by atoms with Crippen molar-refractivity contribution >= 4 is 17.4 Å². The van der Waals surface area contributed by atoms with E-state index < -0.39 is 6.09 Å². The summed E-state index contributed by atoms with van der Waals surface area (Å²) in [4.78, 5) is 13.7. The lowest BCUT2D eigenvalue weighted by atomic mass is 10.1. The lowest BCUT2D eigenvalue weighted by molar-refractivity contribution is 0.143. The van der Waals surface area contributed by atoms with E-state index in [-0.39, 0.29) is 6.04 Å². The molecular formula is C10H13NO2S. The molecule has 0 spiro atoms. The molecule has 76 valence electrons. The lowest BCUT2D eigenvalue weighted by Crippen LogP contribution is -2.32. The summed E-state index contributed by atoms with van der Waals surface area (Å²) in [5.41, 5.74) is 0. The Labute approximate surface area is 87.0 Å². The molecule has 1 saturated heterocycles. The first-order valence-corrected chi connectivity index (χ1v) is 5.59. The van der Waals surface area contributed by atoms with E-state index in [9.17, 15) is 4.79 Å². The van der Waals surface area contributed by atoms with Crippen LogP contribution in [0.3, 0.4) is 0 Å². The second-order valence-corrected chi connectivity index (χ2v) is 4.71. The van der Waals surface area contributed by atoms with E-state index in [0.717, 1.165) is 6.42 Å². The van der Waals surface area contributed by atoms with Crippen LogP contribution in [0.4, 0.5) is 4.79 Å². The van der Waals surface area contributed by atoms with E-state index in [2.05, 4.69) is 6.07 Å². The summed E-state index contributed by atoms with van der Waals surface area (Å²) in [6.45, 7) is 2.62. The average molecular weight is 211 g/mol. The first kappa shape index (κ1) is 9.52. The second-order valence-electron chi connectivity index (χ2n) is 3.73. The number of nitrogens with zero attached hydrogens (tertiary/aromatic N) is 1. The van der Waals surface area contributed by atoms with Crippen molar-refractivity contribution < 1.29 is 9.90 Å². The number of rotatable bonds is 1. The molecule has 1 aliphatic heterocycles. The van der Waals surface area contributed by atoms with Crippen LogP contribution in [-0.2, 0) is 0 Å². The van der Waals surface area contributed by atoms with Gasteiger partial charge in [0.15, 0.2) is 0 Å². The van der Waals surface area contributed by atoms with Crippen LogP contribution >= 0.6 is 11.3 Å². The molecule has 1 aromatic rings. The van der Waals surface area contributed by atoms with E-state index in [1.807, 2.05) is 18.4 Å². The normalized spacial score (nSPS) is 26.8. The Bertz CT molecular complexity index is 323. The van der Waals surface area contributed by atoms with Crippen LogP contribution in [0.1, 0.15) is 24.1 Å². The quantitative estimate of drug-likeness (QED) is 0.775. The van der Waals surface area contributed by atoms with Crippen molar-refractivity contribution in [2.45, 2.75) is 25.3 Å². The zero-order chi connectivity index (χ0) is 10.1. The molecule has 2 rings (SSSR count). The molecule has 14 heavy (non-hydrogen) atoms. The van der Waals surface area contributed by atoms with E-state index in [1.54, 1.807) is 11.3 Å². The molecule has 0 aromatic carbocycles. The zero-order valence-corrected chi connectivity index (χ0v) is 8.83. The summed E-state index contributed by atoms with van der Waals surface area (Å²) in [5, 5.41) is 11.0. The van der Waals surface area contributed by atoms with Crippen molar-refractivity contribution in [3.63, 3.8) is 0 Å². The molecule has 1 amide bonds. The molecule has 0 bridgehead atoms. The molecule has 1 aromatic heterocycles. The summed E-state index contributed by atoms with van der Waals surface area (Å²) >= 11 is 1.72. The standard InChI is InChI=1S/C10H13NO2S/c1-7-5-8(6-11(7)10(12)13)9-3-2-4-14-9/h2-4,7-8H,5-6H2,1H3,(H,12,13)/t7-,8?/m1/s1. The fourth-order valence-electron chi connectivity index (χ4n) is 2.03. The summed E-state index contributed by atoms with van der Waals surface area (Å²) in [6, 6.07) is 4.27. The molecule has 0 aliphatic carbocycles. The third-order valence-corrected chi connectivity index (χ3v) is 3.80. The van der Waals surface area contributed by atoms with E-state index in [1.165, 1.54) is 9.78 Å². The van der Waals surface area contributed by atoms with Crippen LogP contribution in [-0.4, -0.2) is 28.7 Å². The Morgan fingerprint density at radius 3 is 3.00 bits per heavy atom. The van der Waals surface area contributed by atoms with Gasteiger partial charge in [-0.1, -0.05) is 6.07 Å². The Balaban J connectivity index is 2.10. The third-order valence-electron chi connectivity index (χ3n) is 2.77. The number of hydrogen-bond acceptors (Lipinski definition) is 2. The fourth-order valence-corrected chi connectivity index (χ4v) is 2.86. The number of thiophene rings is 1. The predicted octanol–water partition coefficient (Wildman–Crippen LogP) is 2.60. The van der Waals surface area contributed by atoms with E-state index in [0.29, 0.717) is 12.5 Å². The maximum Gasteiger partial charge on any atom is 0.407 e. The molecule has 0 radical (unpaired) electrons. The number of carbonyl (C=O) groups is 1. The largest absolute Gasteiger partial charge is 0.465 e. The van der Waals surface area contributed by atoms with E-state index in [4.69, 9.17) is 5.11 Å². The van der Waals surface area contributed by atoms with Crippen LogP contribution in [0.15, 0.2) is 17.5 Å². The molecule has 1 fully saturated rings. The molecule has 1 N–H and O–H groups in total. The van der Waals surface area contributed by atoms with Crippen molar-refractivity contribution in [3.05, 3.63) is 22.4 Å². The average Bonchev–Trinajstić information content (AvgIpc) is 2.70. The van der Waals surface area contributed by atoms with Gasteiger partial charge in [-0.2, -0.15) is 0 Å². The van der Waals surface area contributed by atoms with Gasteiger partial charge in [-0.25, -0.2) is 4.79 Å². The van der Waals surface area contributed by atoms with Crippen LogP contribution in [0, 0.1) is 0 Å². The minimum absolute atomic E-state index is 0.152. The SMILES string of the molecule is C[C@@H]1CC(c2cccs2)CN1C(=O)O. The first-order valence-electron chi connectivity index (χ1n) is 4.71. The summed E-state index contributed by atoms with van der Waals surface area (Å²) < 4.78 is 0. The monoisotopic (exact) mass is 211 g/mol. The van der Waals surface area contributed by atoms with Gasteiger partial charge in [-0.15, -0.1) is 11.3 Å². The van der Waals surface area contributed by atoms with Gasteiger partial charge >= 0.3 is 6.09 Å². The number of amides is 1. The Morgan fingerprint density at radius 1 is 1.71 bits per heavy atom. The van der Waals surface area contributed by atoms with Crippen molar-refractivity contribution in [2.75, 3.05) is 6.54 Å². The molecule has 1 unspecified atom stereocenters. The smallest absolute Gasteiger partial charge is 0.407 e. The van der Waals surface area contributed by atoms with Gasteiger partial charge in [-0.05, 0) is 24.8 Å². The van der Waals surface area contributed by atoms with Crippen LogP contribution in [0.5, 0.6) is 0 Å². The molecular weight excluding hydrogens is 198 g/mol. The molecule has 2 heterocycles. The van der Waals surface area contributed by atoms with Gasteiger partial charge in [0, 0.05) is 23.4 Å². The van der Waals surface area contributed by atoms with E-state index >= 15 is 0 Å². The number of hydrogen-bond donors (Lipinski definition) is 1. The van der Waals surface area contributed by atoms with Crippen molar-refractivity contribution in [3.8, 4) is 0 Å². The minimum Gasteiger partial charge on any atom is -0.465 e. The molecule has 2 atom stereocenters. The van der Waals surface area contributed by atoms with Gasteiger partial charge in [0.05, 0.1) is 0 Å². The Morgan fingerprint density at radius 2 is 2.50 bits per heavy atom. The van der Waals surface area contributed by atoms with Gasteiger partial charge in [0.2, 0.25) is 0 Å². The first-order chi connectivity index (χ1) is 6.68. The second kappa shape index (κ2) is 3.61. The number of likely N-dealkylation sites (tertiary alicyclic amines) is 1. The van der Waals surface area contributed by atoms with Gasteiger partial charge in [-0.3, -0.25) is 0 Å². The van der Waals surface area contributed by atoms with Gasteiger partial charge in [0.25, 0.3) is 0 Å². The fraction of sp³-hybridized carbons (Fsp3) is 0.500. The highest BCUT2D eigenvalue weighted by Gasteiger charge is 2.33. The van der Waals surface area contributed by atoms with Crippen LogP contribution in [0.25, 0.3) is 0 Å². The maximum atomic E-state index is 10.9. The van der Waals surface area contributed by atoms with Gasteiger partial charge < -0.3 is 10.0 Å². The summed E-state index contributed by atoms with van der Waals surface area (Å²) in [6.07, 6.45) is 0.156. The van der Waals surface area contributed by atoms with Crippen LogP contribution in [0.2, 0.25) is 0 Å². The predicted molar refractivity (Wildman–Crippen MR) is 55.9 cm³/mol. The third kappa shape index (κ3) is 1.62. The van der Waals surface area contributed by atoms with Crippen molar-refractivity contribution in [2.24, 2.45) is 0 Å².